The van der Waals surface area contributed by atoms with Gasteiger partial charge in [0, 0.05) is 6.04 Å². The first-order valence-corrected chi connectivity index (χ1v) is 8.68. The van der Waals surface area contributed by atoms with Crippen LogP contribution in [-0.4, -0.2) is 14.5 Å². The largest absolute Gasteiger partial charge is 0.240 e. The molecular weight excluding hydrogens is 270 g/mol. The lowest BCUT2D eigenvalue weighted by Crippen LogP contribution is -2.41. The van der Waals surface area contributed by atoms with Crippen LogP contribution in [0.25, 0.3) is 0 Å². The first kappa shape index (κ1) is 17.2. The second-order valence-corrected chi connectivity index (χ2v) is 8.30. The molecule has 0 bridgehead atoms. The zero-order chi connectivity index (χ0) is 15.6. The average molecular weight is 297 g/mol. The van der Waals surface area contributed by atoms with E-state index < -0.39 is 10.0 Å². The normalized spacial score (nSPS) is 15.9. The van der Waals surface area contributed by atoms with Crippen molar-refractivity contribution in [2.75, 3.05) is 0 Å². The maximum absolute atomic E-state index is 12.3. The molecule has 0 saturated carbocycles. The molecule has 2 atom stereocenters. The predicted octanol–water partition coefficient (Wildman–Crippen LogP) is 3.91. The van der Waals surface area contributed by atoms with Gasteiger partial charge in [-0.2, -0.15) is 0 Å². The highest BCUT2D eigenvalue weighted by Crippen LogP contribution is 2.23. The third-order valence-electron chi connectivity index (χ3n) is 4.00. The van der Waals surface area contributed by atoms with Gasteiger partial charge < -0.3 is 0 Å². The quantitative estimate of drug-likeness (QED) is 0.895. The van der Waals surface area contributed by atoms with E-state index in [1.165, 1.54) is 5.56 Å². The van der Waals surface area contributed by atoms with Crippen molar-refractivity contribution < 1.29 is 8.42 Å². The van der Waals surface area contributed by atoms with Gasteiger partial charge >= 0.3 is 0 Å². The smallest absolute Gasteiger partial charge is 0.208 e. The van der Waals surface area contributed by atoms with Gasteiger partial charge in [0.15, 0.2) is 0 Å². The Kier molecular flexibility index (Phi) is 5.39. The summed E-state index contributed by atoms with van der Waals surface area (Å²) in [5.41, 5.74) is 1.07. The molecule has 0 amide bonds. The van der Waals surface area contributed by atoms with Gasteiger partial charge in [0.2, 0.25) is 10.0 Å². The molecule has 1 aromatic rings. The minimum atomic E-state index is -3.44. The minimum absolute atomic E-state index is 0.107. The van der Waals surface area contributed by atoms with Gasteiger partial charge in [-0.25, -0.2) is 13.1 Å². The second kappa shape index (κ2) is 6.27. The highest BCUT2D eigenvalue weighted by molar-refractivity contribution is 7.89. The molecule has 1 rings (SSSR count). The molecule has 0 aliphatic carbocycles. The van der Waals surface area contributed by atoms with Crippen LogP contribution in [0.3, 0.4) is 0 Å². The maximum Gasteiger partial charge on any atom is 0.240 e. The molecule has 0 aromatic heterocycles. The van der Waals surface area contributed by atoms with Crippen molar-refractivity contribution in [3.05, 3.63) is 29.8 Å². The van der Waals surface area contributed by atoms with E-state index in [4.69, 9.17) is 0 Å². The lowest BCUT2D eigenvalue weighted by molar-refractivity contribution is 0.317. The van der Waals surface area contributed by atoms with Gasteiger partial charge in [-0.3, -0.25) is 0 Å². The standard InChI is InChI=1S/C16H27NO2S/c1-7-12(2)14-8-10-15(11-9-14)20(18,19)17-13(3)16(4,5)6/h8-13,17H,7H2,1-6H3. The Morgan fingerprint density at radius 3 is 2.00 bits per heavy atom. The van der Waals surface area contributed by atoms with E-state index in [0.717, 1.165) is 6.42 Å². The molecule has 0 fully saturated rings. The Bertz CT molecular complexity index is 527. The molecule has 0 spiro atoms. The lowest BCUT2D eigenvalue weighted by atomic mass is 9.89. The summed E-state index contributed by atoms with van der Waals surface area (Å²) in [5.74, 6) is 0.452. The van der Waals surface area contributed by atoms with Gasteiger partial charge in [-0.15, -0.1) is 0 Å². The van der Waals surface area contributed by atoms with E-state index in [-0.39, 0.29) is 11.5 Å². The molecule has 1 N–H and O–H groups in total. The zero-order valence-corrected chi connectivity index (χ0v) is 14.2. The van der Waals surface area contributed by atoms with E-state index in [1.54, 1.807) is 12.1 Å². The van der Waals surface area contributed by atoms with Crippen LogP contribution >= 0.6 is 0 Å². The highest BCUT2D eigenvalue weighted by Gasteiger charge is 2.25. The summed E-state index contributed by atoms with van der Waals surface area (Å²) in [5, 5.41) is 0. The van der Waals surface area contributed by atoms with Crippen molar-refractivity contribution in [2.24, 2.45) is 5.41 Å². The molecule has 0 saturated heterocycles. The molecule has 4 heteroatoms. The van der Waals surface area contributed by atoms with Crippen LogP contribution in [0.2, 0.25) is 0 Å². The molecule has 3 nitrogen and oxygen atoms in total. The van der Waals surface area contributed by atoms with Gasteiger partial charge in [0.25, 0.3) is 0 Å². The van der Waals surface area contributed by atoms with Gasteiger partial charge in [-0.05, 0) is 42.4 Å². The van der Waals surface area contributed by atoms with Crippen molar-refractivity contribution in [1.82, 2.24) is 4.72 Å². The van der Waals surface area contributed by atoms with E-state index in [2.05, 4.69) is 18.6 Å². The Balaban J connectivity index is 2.94. The van der Waals surface area contributed by atoms with Crippen molar-refractivity contribution in [1.29, 1.82) is 0 Å². The molecule has 0 heterocycles. The molecular formula is C16H27NO2S. The van der Waals surface area contributed by atoms with E-state index >= 15 is 0 Å². The monoisotopic (exact) mass is 297 g/mol. The van der Waals surface area contributed by atoms with Crippen molar-refractivity contribution in [3.63, 3.8) is 0 Å². The maximum atomic E-state index is 12.3. The third kappa shape index (κ3) is 4.32. The van der Waals surface area contributed by atoms with E-state index in [9.17, 15) is 8.42 Å². The summed E-state index contributed by atoms with van der Waals surface area (Å²) >= 11 is 0. The van der Waals surface area contributed by atoms with Crippen LogP contribution in [0.15, 0.2) is 29.2 Å². The lowest BCUT2D eigenvalue weighted by Gasteiger charge is -2.27. The van der Waals surface area contributed by atoms with Crippen LogP contribution in [0.5, 0.6) is 0 Å². The molecule has 114 valence electrons. The van der Waals surface area contributed by atoms with Crippen molar-refractivity contribution in [3.8, 4) is 0 Å². The average Bonchev–Trinajstić information content (AvgIpc) is 2.36. The SMILES string of the molecule is CCC(C)c1ccc(S(=O)(=O)NC(C)C(C)(C)C)cc1. The van der Waals surface area contributed by atoms with E-state index in [1.807, 2.05) is 39.8 Å². The first-order valence-electron chi connectivity index (χ1n) is 7.20. The topological polar surface area (TPSA) is 46.2 Å². The van der Waals surface area contributed by atoms with Gasteiger partial charge in [0.1, 0.15) is 0 Å². The molecule has 20 heavy (non-hydrogen) atoms. The third-order valence-corrected chi connectivity index (χ3v) is 5.56. The molecule has 0 aliphatic heterocycles. The molecule has 0 aliphatic rings. The molecule has 2 unspecified atom stereocenters. The molecule has 1 aromatic carbocycles. The van der Waals surface area contributed by atoms with Crippen molar-refractivity contribution in [2.45, 2.75) is 64.8 Å². The summed E-state index contributed by atoms with van der Waals surface area (Å²) in [4.78, 5) is 0.334. The molecule has 0 radical (unpaired) electrons. The minimum Gasteiger partial charge on any atom is -0.208 e. The van der Waals surface area contributed by atoms with E-state index in [0.29, 0.717) is 10.8 Å². The Hall–Kier alpha value is -0.870. The number of hydrogen-bond donors (Lipinski definition) is 1. The first-order chi connectivity index (χ1) is 9.08. The zero-order valence-electron chi connectivity index (χ0n) is 13.4. The summed E-state index contributed by atoms with van der Waals surface area (Å²) < 4.78 is 27.4. The van der Waals surface area contributed by atoms with Crippen LogP contribution in [0.4, 0.5) is 0 Å². The van der Waals surface area contributed by atoms with Crippen LogP contribution in [-0.2, 0) is 10.0 Å². The summed E-state index contributed by atoms with van der Waals surface area (Å²) in [6.45, 7) is 12.2. The fourth-order valence-electron chi connectivity index (χ4n) is 1.69. The number of hydrogen-bond acceptors (Lipinski definition) is 2. The van der Waals surface area contributed by atoms with Gasteiger partial charge in [0.05, 0.1) is 4.90 Å². The van der Waals surface area contributed by atoms with Crippen LogP contribution in [0, 0.1) is 5.41 Å². The van der Waals surface area contributed by atoms with Crippen molar-refractivity contribution >= 4 is 10.0 Å². The fourth-order valence-corrected chi connectivity index (χ4v) is 3.14. The summed E-state index contributed by atoms with van der Waals surface area (Å²) in [6.07, 6.45) is 1.05. The number of benzene rings is 1. The predicted molar refractivity (Wildman–Crippen MR) is 84.4 cm³/mol. The second-order valence-electron chi connectivity index (χ2n) is 6.59. The summed E-state index contributed by atoms with van der Waals surface area (Å²) in [7, 11) is -3.44. The van der Waals surface area contributed by atoms with Crippen LogP contribution < -0.4 is 4.72 Å². The van der Waals surface area contributed by atoms with Gasteiger partial charge in [-0.1, -0.05) is 46.8 Å². The number of rotatable bonds is 5. The number of nitrogens with one attached hydrogen (secondary N) is 1. The fraction of sp³-hybridized carbons (Fsp3) is 0.625. The van der Waals surface area contributed by atoms with Crippen LogP contribution in [0.1, 0.15) is 59.4 Å². The number of sulfonamides is 1. The Morgan fingerprint density at radius 1 is 1.10 bits per heavy atom. The summed E-state index contributed by atoms with van der Waals surface area (Å²) in [6, 6.07) is 7.08. The Labute approximate surface area is 123 Å². The highest BCUT2D eigenvalue weighted by atomic mass is 32.2. The Morgan fingerprint density at radius 2 is 1.60 bits per heavy atom.